The number of carbonyl (C=O) groups is 1. The molecule has 0 bridgehead atoms. The molecule has 7 heteroatoms. The molecule has 2 heterocycles. The number of benzene rings is 2. The first-order valence-electron chi connectivity index (χ1n) is 8.50. The normalized spacial score (nSPS) is 15.4. The van der Waals surface area contributed by atoms with E-state index < -0.39 is 6.23 Å². The van der Waals surface area contributed by atoms with Gasteiger partial charge < -0.3 is 4.74 Å². The second-order valence-corrected chi connectivity index (χ2v) is 6.96. The van der Waals surface area contributed by atoms with Gasteiger partial charge in [0, 0.05) is 18.1 Å². The molecule has 1 aliphatic rings. The summed E-state index contributed by atoms with van der Waals surface area (Å²) < 4.78 is 6.30. The van der Waals surface area contributed by atoms with Gasteiger partial charge in [0.25, 0.3) is 0 Å². The Morgan fingerprint density at radius 2 is 1.85 bits per heavy atom. The molecule has 27 heavy (non-hydrogen) atoms. The van der Waals surface area contributed by atoms with E-state index in [0.29, 0.717) is 16.7 Å². The monoisotopic (exact) mass is 378 g/mol. The topological polar surface area (TPSA) is 68.2 Å². The number of nitrogens with zero attached hydrogens (tertiary/aromatic N) is 4. The van der Waals surface area contributed by atoms with Crippen molar-refractivity contribution in [1.29, 1.82) is 0 Å². The number of aryl methyl sites for hydroxylation is 1. The van der Waals surface area contributed by atoms with E-state index in [9.17, 15) is 4.79 Å². The van der Waals surface area contributed by atoms with Crippen LogP contribution in [0.3, 0.4) is 0 Å². The molecule has 0 saturated heterocycles. The van der Waals surface area contributed by atoms with Crippen molar-refractivity contribution in [3.8, 4) is 17.1 Å². The summed E-state index contributed by atoms with van der Waals surface area (Å²) in [6, 6.07) is 15.5. The molecule has 0 unspecified atom stereocenters. The first kappa shape index (κ1) is 17.5. The first-order valence-corrected chi connectivity index (χ1v) is 9.72. The lowest BCUT2D eigenvalue weighted by Gasteiger charge is -2.30. The van der Waals surface area contributed by atoms with Crippen LogP contribution in [0.2, 0.25) is 0 Å². The first-order chi connectivity index (χ1) is 13.1. The van der Waals surface area contributed by atoms with Gasteiger partial charge in [-0.1, -0.05) is 54.2 Å². The maximum Gasteiger partial charge on any atom is 0.247 e. The highest BCUT2D eigenvalue weighted by molar-refractivity contribution is 7.98. The van der Waals surface area contributed by atoms with Crippen molar-refractivity contribution >= 4 is 23.4 Å². The van der Waals surface area contributed by atoms with E-state index in [1.54, 1.807) is 4.90 Å². The van der Waals surface area contributed by atoms with Crippen LogP contribution in [0, 0.1) is 6.92 Å². The minimum atomic E-state index is -0.641. The van der Waals surface area contributed by atoms with E-state index in [4.69, 9.17) is 4.74 Å². The van der Waals surface area contributed by atoms with Crippen molar-refractivity contribution in [2.24, 2.45) is 0 Å². The fraction of sp³-hybridized carbons (Fsp3) is 0.200. The number of hydrogen-bond acceptors (Lipinski definition) is 6. The Balaban J connectivity index is 2.00. The molecular weight excluding hydrogens is 360 g/mol. The standard InChI is InChI=1S/C20H18N4O2S/c1-12-8-4-5-9-14(12)19-24(13(2)25)16-11-7-6-10-15(16)17-18(26-19)21-20(27-3)23-22-17/h4-11,19H,1-3H3/t19-/m1/s1. The Labute approximate surface area is 161 Å². The summed E-state index contributed by atoms with van der Waals surface area (Å²) in [4.78, 5) is 18.8. The van der Waals surface area contributed by atoms with Gasteiger partial charge in [0.05, 0.1) is 5.69 Å². The zero-order valence-electron chi connectivity index (χ0n) is 15.2. The SMILES string of the molecule is CSc1nnc2c(n1)O[C@H](c1ccccc1C)N(C(C)=O)c1ccccc1-2. The van der Waals surface area contributed by atoms with Crippen LogP contribution in [-0.2, 0) is 4.79 Å². The minimum Gasteiger partial charge on any atom is -0.447 e. The van der Waals surface area contributed by atoms with Crippen molar-refractivity contribution in [3.63, 3.8) is 0 Å². The summed E-state index contributed by atoms with van der Waals surface area (Å²) in [5.41, 5.74) is 3.96. The predicted molar refractivity (Wildman–Crippen MR) is 105 cm³/mol. The molecule has 0 aliphatic carbocycles. The number of ether oxygens (including phenoxy) is 1. The quantitative estimate of drug-likeness (QED) is 0.628. The number of anilines is 1. The summed E-state index contributed by atoms with van der Waals surface area (Å²) in [5, 5.41) is 9.01. The molecule has 1 amide bonds. The zero-order chi connectivity index (χ0) is 19.0. The van der Waals surface area contributed by atoms with Crippen LogP contribution in [-0.4, -0.2) is 27.3 Å². The van der Waals surface area contributed by atoms with Crippen molar-refractivity contribution in [2.75, 3.05) is 11.2 Å². The molecule has 136 valence electrons. The maximum atomic E-state index is 12.7. The Morgan fingerprint density at radius 3 is 2.59 bits per heavy atom. The van der Waals surface area contributed by atoms with Crippen molar-refractivity contribution in [1.82, 2.24) is 15.2 Å². The van der Waals surface area contributed by atoms with Crippen molar-refractivity contribution < 1.29 is 9.53 Å². The third-order valence-corrected chi connectivity index (χ3v) is 5.03. The molecule has 1 aliphatic heterocycles. The van der Waals surface area contributed by atoms with E-state index in [1.165, 1.54) is 18.7 Å². The molecule has 0 spiro atoms. The van der Waals surface area contributed by atoms with Crippen LogP contribution in [0.4, 0.5) is 5.69 Å². The van der Waals surface area contributed by atoms with Gasteiger partial charge in [0.15, 0.2) is 5.69 Å². The van der Waals surface area contributed by atoms with Crippen LogP contribution in [0.1, 0.15) is 24.3 Å². The fourth-order valence-corrected chi connectivity index (χ4v) is 3.50. The molecule has 2 aromatic carbocycles. The molecule has 4 rings (SSSR count). The molecule has 0 radical (unpaired) electrons. The second kappa shape index (κ2) is 7.00. The van der Waals surface area contributed by atoms with E-state index in [0.717, 1.165) is 22.4 Å². The largest absolute Gasteiger partial charge is 0.447 e. The number of carbonyl (C=O) groups excluding carboxylic acids is 1. The number of hydrogen-bond donors (Lipinski definition) is 0. The van der Waals surface area contributed by atoms with Gasteiger partial charge in [-0.15, -0.1) is 10.2 Å². The van der Waals surface area contributed by atoms with Crippen LogP contribution < -0.4 is 9.64 Å². The highest BCUT2D eigenvalue weighted by atomic mass is 32.2. The molecule has 1 atom stereocenters. The Morgan fingerprint density at radius 1 is 1.11 bits per heavy atom. The van der Waals surface area contributed by atoms with Gasteiger partial charge in [-0.25, -0.2) is 0 Å². The van der Waals surface area contributed by atoms with E-state index in [-0.39, 0.29) is 5.91 Å². The average Bonchev–Trinajstić information content (AvgIpc) is 2.82. The summed E-state index contributed by atoms with van der Waals surface area (Å²) in [5.74, 6) is 0.250. The van der Waals surface area contributed by atoms with E-state index in [1.807, 2.05) is 61.7 Å². The Bertz CT molecular complexity index is 1020. The van der Waals surface area contributed by atoms with E-state index in [2.05, 4.69) is 15.2 Å². The van der Waals surface area contributed by atoms with Gasteiger partial charge in [0.1, 0.15) is 0 Å². The summed E-state index contributed by atoms with van der Waals surface area (Å²) in [7, 11) is 0. The highest BCUT2D eigenvalue weighted by Crippen LogP contribution is 2.43. The third-order valence-electron chi connectivity index (χ3n) is 4.49. The number of para-hydroxylation sites is 1. The molecule has 6 nitrogen and oxygen atoms in total. The van der Waals surface area contributed by atoms with Crippen LogP contribution >= 0.6 is 11.8 Å². The number of rotatable bonds is 2. The maximum absolute atomic E-state index is 12.7. The van der Waals surface area contributed by atoms with Crippen LogP contribution in [0.25, 0.3) is 11.3 Å². The Kier molecular flexibility index (Phi) is 4.53. The molecule has 1 aromatic heterocycles. The lowest BCUT2D eigenvalue weighted by molar-refractivity contribution is -0.118. The molecule has 3 aromatic rings. The smallest absolute Gasteiger partial charge is 0.247 e. The molecular formula is C20H18N4O2S. The van der Waals surface area contributed by atoms with Crippen molar-refractivity contribution in [2.45, 2.75) is 25.2 Å². The lowest BCUT2D eigenvalue weighted by atomic mass is 10.0. The predicted octanol–water partition coefficient (Wildman–Crippen LogP) is 4.01. The van der Waals surface area contributed by atoms with Gasteiger partial charge >= 0.3 is 0 Å². The number of amides is 1. The van der Waals surface area contributed by atoms with Crippen LogP contribution in [0.15, 0.2) is 53.7 Å². The van der Waals surface area contributed by atoms with Gasteiger partial charge in [-0.3, -0.25) is 9.69 Å². The lowest BCUT2D eigenvalue weighted by Crippen LogP contribution is -2.36. The number of fused-ring (bicyclic) bond motifs is 3. The zero-order valence-corrected chi connectivity index (χ0v) is 16.0. The second-order valence-electron chi connectivity index (χ2n) is 6.19. The molecule has 0 saturated carbocycles. The third kappa shape index (κ3) is 3.04. The highest BCUT2D eigenvalue weighted by Gasteiger charge is 2.34. The summed E-state index contributed by atoms with van der Waals surface area (Å²) in [6.45, 7) is 3.54. The van der Waals surface area contributed by atoms with Crippen molar-refractivity contribution in [3.05, 3.63) is 59.7 Å². The Hall–Kier alpha value is -2.93. The van der Waals surface area contributed by atoms with Gasteiger partial charge in [0.2, 0.25) is 23.2 Å². The van der Waals surface area contributed by atoms with E-state index >= 15 is 0 Å². The van der Waals surface area contributed by atoms with Gasteiger partial charge in [-0.05, 0) is 24.8 Å². The average molecular weight is 378 g/mol. The number of aromatic nitrogens is 3. The fourth-order valence-electron chi connectivity index (χ4n) is 3.21. The summed E-state index contributed by atoms with van der Waals surface area (Å²) in [6.07, 6.45) is 1.24. The van der Waals surface area contributed by atoms with Crippen LogP contribution in [0.5, 0.6) is 5.88 Å². The number of thioether (sulfide) groups is 1. The molecule has 0 N–H and O–H groups in total. The minimum absolute atomic E-state index is 0.124. The van der Waals surface area contributed by atoms with Gasteiger partial charge in [-0.2, -0.15) is 4.98 Å². The molecule has 0 fully saturated rings. The summed E-state index contributed by atoms with van der Waals surface area (Å²) >= 11 is 1.39.